The number of morpholine rings is 1. The molecular formula is C22H27N5O2. The lowest BCUT2D eigenvalue weighted by Crippen LogP contribution is -2.59. The van der Waals surface area contributed by atoms with Gasteiger partial charge in [0, 0.05) is 29.4 Å². The molecule has 7 nitrogen and oxygen atoms in total. The van der Waals surface area contributed by atoms with Crippen molar-refractivity contribution in [2.45, 2.75) is 44.4 Å². The highest BCUT2D eigenvalue weighted by molar-refractivity contribution is 5.95. The summed E-state index contributed by atoms with van der Waals surface area (Å²) >= 11 is 0. The third-order valence-electron chi connectivity index (χ3n) is 5.89. The molecule has 29 heavy (non-hydrogen) atoms. The molecule has 1 aromatic heterocycles. The summed E-state index contributed by atoms with van der Waals surface area (Å²) in [6, 6.07) is 9.81. The fourth-order valence-corrected chi connectivity index (χ4v) is 4.30. The lowest BCUT2D eigenvalue weighted by Gasteiger charge is -2.40. The lowest BCUT2D eigenvalue weighted by molar-refractivity contribution is -0.139. The van der Waals surface area contributed by atoms with Gasteiger partial charge >= 0.3 is 0 Å². The summed E-state index contributed by atoms with van der Waals surface area (Å²) in [4.78, 5) is 19.6. The standard InChI is InChI=1S/C22H27N5O2/c1-15-13-27(18-6-5-16(12-23)20-17(18)4-3-9-25-20)14-19(29-15)21(28)26-22(2)7-10-24-11-8-22/h3-6,9,15,19,24H,7-8,10-11,13-14H2,1-2H3,(H,26,28)/t15-,19-/m1/s1. The van der Waals surface area contributed by atoms with E-state index in [0.717, 1.165) is 37.0 Å². The molecule has 0 radical (unpaired) electrons. The van der Waals surface area contributed by atoms with Crippen LogP contribution < -0.4 is 15.5 Å². The minimum atomic E-state index is -0.534. The van der Waals surface area contributed by atoms with E-state index in [0.29, 0.717) is 24.2 Å². The third-order valence-corrected chi connectivity index (χ3v) is 5.89. The van der Waals surface area contributed by atoms with Crippen molar-refractivity contribution in [2.24, 2.45) is 0 Å². The summed E-state index contributed by atoms with van der Waals surface area (Å²) in [6.45, 7) is 7.07. The second-order valence-electron chi connectivity index (χ2n) is 8.28. The number of fused-ring (bicyclic) bond motifs is 1. The number of hydrogen-bond donors (Lipinski definition) is 2. The Bertz CT molecular complexity index is 948. The van der Waals surface area contributed by atoms with E-state index in [9.17, 15) is 10.1 Å². The van der Waals surface area contributed by atoms with Crippen LogP contribution in [0.5, 0.6) is 0 Å². The highest BCUT2D eigenvalue weighted by Gasteiger charge is 2.35. The first-order valence-corrected chi connectivity index (χ1v) is 10.2. The van der Waals surface area contributed by atoms with Gasteiger partial charge in [-0.05, 0) is 64.0 Å². The van der Waals surface area contributed by atoms with E-state index in [2.05, 4.69) is 33.5 Å². The average Bonchev–Trinajstić information content (AvgIpc) is 2.72. The van der Waals surface area contributed by atoms with Gasteiger partial charge in [0.05, 0.1) is 23.7 Å². The first-order chi connectivity index (χ1) is 14.0. The summed E-state index contributed by atoms with van der Waals surface area (Å²) in [7, 11) is 0. The zero-order valence-corrected chi connectivity index (χ0v) is 16.9. The molecular weight excluding hydrogens is 366 g/mol. The van der Waals surface area contributed by atoms with Gasteiger partial charge in [-0.2, -0.15) is 5.26 Å². The van der Waals surface area contributed by atoms with Crippen molar-refractivity contribution in [3.8, 4) is 6.07 Å². The van der Waals surface area contributed by atoms with E-state index < -0.39 is 6.10 Å². The van der Waals surface area contributed by atoms with E-state index in [4.69, 9.17) is 4.74 Å². The quantitative estimate of drug-likeness (QED) is 0.829. The Morgan fingerprint density at radius 1 is 1.34 bits per heavy atom. The summed E-state index contributed by atoms with van der Waals surface area (Å²) < 4.78 is 6.01. The molecule has 2 saturated heterocycles. The maximum atomic E-state index is 13.0. The van der Waals surface area contributed by atoms with E-state index in [1.165, 1.54) is 0 Å². The zero-order valence-electron chi connectivity index (χ0n) is 16.9. The smallest absolute Gasteiger partial charge is 0.251 e. The number of nitriles is 1. The monoisotopic (exact) mass is 393 g/mol. The number of amides is 1. The number of anilines is 1. The minimum absolute atomic E-state index is 0.0537. The topological polar surface area (TPSA) is 90.3 Å². The number of rotatable bonds is 3. The second kappa shape index (κ2) is 7.97. The van der Waals surface area contributed by atoms with Crippen molar-refractivity contribution >= 4 is 22.5 Å². The van der Waals surface area contributed by atoms with Crippen LogP contribution in [0, 0.1) is 11.3 Å². The molecule has 2 aromatic rings. The van der Waals surface area contributed by atoms with Crippen LogP contribution in [0.15, 0.2) is 30.5 Å². The molecule has 0 unspecified atom stereocenters. The Morgan fingerprint density at radius 2 is 2.14 bits per heavy atom. The van der Waals surface area contributed by atoms with Gasteiger partial charge in [0.2, 0.25) is 0 Å². The van der Waals surface area contributed by atoms with Crippen LogP contribution in [0.2, 0.25) is 0 Å². The number of ether oxygens (including phenoxy) is 1. The number of hydrogen-bond acceptors (Lipinski definition) is 6. The number of pyridine rings is 1. The number of piperidine rings is 1. The van der Waals surface area contributed by atoms with E-state index in [1.807, 2.05) is 25.1 Å². The van der Waals surface area contributed by atoms with Crippen molar-refractivity contribution in [3.63, 3.8) is 0 Å². The first kappa shape index (κ1) is 19.6. The van der Waals surface area contributed by atoms with Crippen molar-refractivity contribution < 1.29 is 9.53 Å². The Balaban J connectivity index is 1.58. The normalized spacial score (nSPS) is 24.1. The van der Waals surface area contributed by atoms with Crippen LogP contribution in [0.3, 0.4) is 0 Å². The Labute approximate surface area is 171 Å². The van der Waals surface area contributed by atoms with E-state index in [-0.39, 0.29) is 17.6 Å². The van der Waals surface area contributed by atoms with Gasteiger partial charge in [0.1, 0.15) is 6.07 Å². The van der Waals surface area contributed by atoms with Gasteiger partial charge in [-0.15, -0.1) is 0 Å². The van der Waals surface area contributed by atoms with Gasteiger partial charge in [0.15, 0.2) is 6.10 Å². The predicted octanol–water partition coefficient (Wildman–Crippen LogP) is 1.96. The maximum absolute atomic E-state index is 13.0. The third kappa shape index (κ3) is 4.04. The number of carbonyl (C=O) groups excluding carboxylic acids is 1. The average molecular weight is 393 g/mol. The van der Waals surface area contributed by atoms with Crippen LogP contribution in [-0.2, 0) is 9.53 Å². The van der Waals surface area contributed by atoms with E-state index in [1.54, 1.807) is 12.3 Å². The SMILES string of the molecule is C[C@@H]1CN(c2ccc(C#N)c3ncccc23)C[C@H](C(=O)NC2(C)CCNCC2)O1. The number of benzene rings is 1. The molecule has 4 rings (SSSR count). The molecule has 2 N–H and O–H groups in total. The van der Waals surface area contributed by atoms with E-state index >= 15 is 0 Å². The molecule has 2 fully saturated rings. The van der Waals surface area contributed by atoms with Gasteiger partial charge in [-0.3, -0.25) is 9.78 Å². The van der Waals surface area contributed by atoms with Gasteiger partial charge < -0.3 is 20.3 Å². The molecule has 0 spiro atoms. The fraction of sp³-hybridized carbons (Fsp3) is 0.500. The van der Waals surface area contributed by atoms with Crippen LogP contribution >= 0.6 is 0 Å². The molecule has 152 valence electrons. The number of aromatic nitrogens is 1. The molecule has 3 heterocycles. The van der Waals surface area contributed by atoms with Crippen LogP contribution in [0.25, 0.3) is 10.9 Å². The Kier molecular flexibility index (Phi) is 5.39. The highest BCUT2D eigenvalue weighted by atomic mass is 16.5. The number of nitrogens with zero attached hydrogens (tertiary/aromatic N) is 3. The summed E-state index contributed by atoms with van der Waals surface area (Å²) in [5, 5.41) is 16.9. The summed E-state index contributed by atoms with van der Waals surface area (Å²) in [6.07, 6.45) is 2.91. The summed E-state index contributed by atoms with van der Waals surface area (Å²) in [5.41, 5.74) is 2.03. The molecule has 2 atom stereocenters. The Hall–Kier alpha value is -2.69. The molecule has 1 amide bonds. The molecule has 2 aliphatic rings. The van der Waals surface area contributed by atoms with Crippen LogP contribution in [0.1, 0.15) is 32.3 Å². The molecule has 0 aliphatic carbocycles. The van der Waals surface area contributed by atoms with Crippen molar-refractivity contribution in [1.29, 1.82) is 5.26 Å². The fourth-order valence-electron chi connectivity index (χ4n) is 4.30. The van der Waals surface area contributed by atoms with Crippen molar-refractivity contribution in [3.05, 3.63) is 36.0 Å². The maximum Gasteiger partial charge on any atom is 0.251 e. The second-order valence-corrected chi connectivity index (χ2v) is 8.28. The van der Waals surface area contributed by atoms with Gasteiger partial charge in [0.25, 0.3) is 5.91 Å². The molecule has 7 heteroatoms. The lowest BCUT2D eigenvalue weighted by atomic mass is 9.90. The first-order valence-electron chi connectivity index (χ1n) is 10.2. The molecule has 1 aromatic carbocycles. The van der Waals surface area contributed by atoms with Gasteiger partial charge in [-0.1, -0.05) is 0 Å². The summed E-state index contributed by atoms with van der Waals surface area (Å²) in [5.74, 6) is -0.0537. The largest absolute Gasteiger partial charge is 0.365 e. The van der Waals surface area contributed by atoms with Gasteiger partial charge in [-0.25, -0.2) is 0 Å². The van der Waals surface area contributed by atoms with Crippen LogP contribution in [-0.4, -0.2) is 54.8 Å². The molecule has 0 saturated carbocycles. The zero-order chi connectivity index (χ0) is 20.4. The predicted molar refractivity (Wildman–Crippen MR) is 112 cm³/mol. The Morgan fingerprint density at radius 3 is 2.90 bits per heavy atom. The highest BCUT2D eigenvalue weighted by Crippen LogP contribution is 2.30. The van der Waals surface area contributed by atoms with Crippen LogP contribution in [0.4, 0.5) is 5.69 Å². The minimum Gasteiger partial charge on any atom is -0.365 e. The molecule has 0 bridgehead atoms. The number of carbonyl (C=O) groups is 1. The van der Waals surface area contributed by atoms with Crippen molar-refractivity contribution in [2.75, 3.05) is 31.1 Å². The van der Waals surface area contributed by atoms with Crippen molar-refractivity contribution in [1.82, 2.24) is 15.6 Å². The number of nitrogens with one attached hydrogen (secondary N) is 2. The molecule has 2 aliphatic heterocycles.